The number of nitrogens with two attached hydrogens (primary N) is 1. The zero-order chi connectivity index (χ0) is 32.2. The molecule has 0 aromatic heterocycles. The Morgan fingerprint density at radius 3 is 1.82 bits per heavy atom. The van der Waals surface area contributed by atoms with Gasteiger partial charge in [-0.3, -0.25) is 0 Å². The van der Waals surface area contributed by atoms with Crippen molar-refractivity contribution in [2.45, 2.75) is 48.7 Å². The molecule has 0 saturated heterocycles. The van der Waals surface area contributed by atoms with E-state index >= 15 is 0 Å². The van der Waals surface area contributed by atoms with Crippen molar-refractivity contribution >= 4 is 20.0 Å². The molecule has 242 valence electrons. The Morgan fingerprint density at radius 2 is 1.29 bits per heavy atom. The van der Waals surface area contributed by atoms with Gasteiger partial charge in [-0.05, 0) is 69.1 Å². The van der Waals surface area contributed by atoms with E-state index in [1.165, 1.54) is 0 Å². The first-order valence-electron chi connectivity index (χ1n) is 13.7. The van der Waals surface area contributed by atoms with Crippen LogP contribution in [0.15, 0.2) is 89.8 Å². The summed E-state index contributed by atoms with van der Waals surface area (Å²) >= 11 is 0. The SMILES string of the molecule is Cc1ccc(S(=O)(=O)[N-][C@@H](c2ccccc2)[C@@H](N)c2ccccc2)cc1.O=S(=O)([N-]CCCC[C]1[CH][CH][CH][CH][CH]1)C(F)(F)F.[Ru+2]. The second-order valence-electron chi connectivity index (χ2n) is 9.90. The molecular formula is C32H34F3N3O4RuS2. The third-order valence-corrected chi connectivity index (χ3v) is 8.99. The van der Waals surface area contributed by atoms with Crippen LogP contribution in [0.1, 0.15) is 48.0 Å². The number of hydrogen-bond donors (Lipinski definition) is 1. The molecule has 1 aliphatic rings. The number of aryl methyl sites for hydroxylation is 1. The van der Waals surface area contributed by atoms with Crippen LogP contribution in [0.4, 0.5) is 13.2 Å². The molecule has 2 atom stereocenters. The number of halogens is 3. The summed E-state index contributed by atoms with van der Waals surface area (Å²) in [6.45, 7) is 1.58. The van der Waals surface area contributed by atoms with Crippen molar-refractivity contribution in [1.29, 1.82) is 0 Å². The molecule has 7 nitrogen and oxygen atoms in total. The number of benzene rings is 3. The molecule has 6 radical (unpaired) electrons. The van der Waals surface area contributed by atoms with Crippen molar-refractivity contribution in [2.24, 2.45) is 5.73 Å². The number of alkyl halides is 3. The molecule has 0 bridgehead atoms. The fourth-order valence-corrected chi connectivity index (χ4v) is 5.78. The van der Waals surface area contributed by atoms with E-state index in [9.17, 15) is 30.0 Å². The molecule has 0 spiro atoms. The maximum Gasteiger partial charge on any atom is 2.00 e. The van der Waals surface area contributed by atoms with E-state index in [2.05, 4.69) is 9.44 Å². The van der Waals surface area contributed by atoms with Gasteiger partial charge in [0.2, 0.25) is 0 Å². The van der Waals surface area contributed by atoms with Crippen molar-refractivity contribution in [2.75, 3.05) is 6.54 Å². The van der Waals surface area contributed by atoms with E-state index < -0.39 is 37.6 Å². The molecule has 0 unspecified atom stereocenters. The molecule has 1 fully saturated rings. The Kier molecular flexibility index (Phi) is 15.8. The predicted octanol–water partition coefficient (Wildman–Crippen LogP) is 7.49. The normalized spacial score (nSPS) is 15.7. The average molecular weight is 747 g/mol. The van der Waals surface area contributed by atoms with E-state index in [4.69, 9.17) is 5.73 Å². The Balaban J connectivity index is 0.000000328. The summed E-state index contributed by atoms with van der Waals surface area (Å²) in [5.41, 5.74) is 3.73. The van der Waals surface area contributed by atoms with Crippen molar-refractivity contribution in [3.05, 3.63) is 149 Å². The number of rotatable bonds is 12. The van der Waals surface area contributed by atoms with Gasteiger partial charge in [0.05, 0.1) is 0 Å². The molecular weight excluding hydrogens is 713 g/mol. The van der Waals surface area contributed by atoms with Gasteiger partial charge in [0, 0.05) is 10.9 Å². The topological polar surface area (TPSA) is 122 Å². The molecule has 0 heterocycles. The van der Waals surface area contributed by atoms with Gasteiger partial charge in [0.15, 0.2) is 10.0 Å². The largest absolute Gasteiger partial charge is 2.00 e. The van der Waals surface area contributed by atoms with E-state index in [0.29, 0.717) is 19.3 Å². The van der Waals surface area contributed by atoms with E-state index in [-0.39, 0.29) is 30.9 Å². The average Bonchev–Trinajstić information content (AvgIpc) is 3.01. The van der Waals surface area contributed by atoms with Crippen LogP contribution in [0, 0.1) is 44.9 Å². The second kappa shape index (κ2) is 18.3. The Morgan fingerprint density at radius 1 is 0.756 bits per heavy atom. The van der Waals surface area contributed by atoms with Gasteiger partial charge in [-0.1, -0.05) is 103 Å². The van der Waals surface area contributed by atoms with Crippen molar-refractivity contribution in [1.82, 2.24) is 0 Å². The zero-order valence-electron chi connectivity index (χ0n) is 24.4. The Hall–Kier alpha value is -2.15. The van der Waals surface area contributed by atoms with Gasteiger partial charge in [-0.25, -0.2) is 16.8 Å². The predicted molar refractivity (Wildman–Crippen MR) is 166 cm³/mol. The summed E-state index contributed by atoms with van der Waals surface area (Å²) in [6.07, 6.45) is 11.0. The van der Waals surface area contributed by atoms with Crippen LogP contribution in [0.5, 0.6) is 0 Å². The van der Waals surface area contributed by atoms with Crippen LogP contribution >= 0.6 is 0 Å². The molecule has 1 saturated carbocycles. The quantitative estimate of drug-likeness (QED) is 0.152. The number of hydrogen-bond acceptors (Lipinski definition) is 5. The molecule has 45 heavy (non-hydrogen) atoms. The molecule has 0 aliphatic heterocycles. The summed E-state index contributed by atoms with van der Waals surface area (Å²) < 4.78 is 89.6. The molecule has 2 N–H and O–H groups in total. The second-order valence-corrected chi connectivity index (χ2v) is 13.2. The maximum absolute atomic E-state index is 12.8. The monoisotopic (exact) mass is 747 g/mol. The van der Waals surface area contributed by atoms with Crippen molar-refractivity contribution < 1.29 is 49.5 Å². The Labute approximate surface area is 278 Å². The standard InChI is InChI=1S/C21H21N2O2S.C11H13F3NO2S.Ru/c1-16-12-14-19(15-13-16)26(24,25)23-21(18-10-6-3-7-11-18)20(22)17-8-4-2-5-9-17;12-11(13,14)18(16,17)15-9-5-4-8-10-6-2-1-3-7-10;/h2-15,20-21H,22H2,1H3;1-3,6-7H,4-5,8-9H2;/q2*-1;+2/t20-,21-;;/m0../s1. The van der Waals surface area contributed by atoms with Crippen LogP contribution in [-0.2, 0) is 39.5 Å². The molecule has 3 aromatic rings. The van der Waals surface area contributed by atoms with Crippen LogP contribution in [0.25, 0.3) is 9.44 Å². The van der Waals surface area contributed by atoms with E-state index in [1.807, 2.05) is 99.7 Å². The first-order valence-corrected chi connectivity index (χ1v) is 16.6. The summed E-state index contributed by atoms with van der Waals surface area (Å²) in [6, 6.07) is 24.1. The first-order chi connectivity index (χ1) is 20.8. The Bertz CT molecular complexity index is 1490. The molecule has 13 heteroatoms. The fourth-order valence-electron chi connectivity index (χ4n) is 4.11. The maximum atomic E-state index is 12.8. The van der Waals surface area contributed by atoms with E-state index in [1.54, 1.807) is 24.3 Å². The number of unbranched alkanes of at least 4 members (excludes halogenated alkanes) is 1. The van der Waals surface area contributed by atoms with Crippen molar-refractivity contribution in [3.63, 3.8) is 0 Å². The van der Waals surface area contributed by atoms with Crippen LogP contribution in [0.2, 0.25) is 0 Å². The van der Waals surface area contributed by atoms with Crippen LogP contribution in [0.3, 0.4) is 0 Å². The van der Waals surface area contributed by atoms with Gasteiger partial charge in [0.25, 0.3) is 0 Å². The molecule has 4 rings (SSSR count). The summed E-state index contributed by atoms with van der Waals surface area (Å²) in [5, 5.41) is 0. The van der Waals surface area contributed by atoms with Crippen LogP contribution < -0.4 is 5.73 Å². The fraction of sp³-hybridized carbons (Fsp3) is 0.250. The molecule has 0 amide bonds. The summed E-state index contributed by atoms with van der Waals surface area (Å²) in [4.78, 5) is 0.171. The number of nitrogens with zero attached hydrogens (tertiary/aromatic N) is 2. The minimum Gasteiger partial charge on any atom is -0.541 e. The van der Waals surface area contributed by atoms with Crippen molar-refractivity contribution in [3.8, 4) is 0 Å². The van der Waals surface area contributed by atoms with E-state index in [0.717, 1.165) is 22.6 Å². The summed E-state index contributed by atoms with van der Waals surface area (Å²) in [5.74, 6) is 1.07. The van der Waals surface area contributed by atoms with Gasteiger partial charge in [-0.15, -0.1) is 6.54 Å². The van der Waals surface area contributed by atoms with Gasteiger partial charge in [0.1, 0.15) is 10.0 Å². The van der Waals surface area contributed by atoms with Crippen LogP contribution in [-0.4, -0.2) is 28.9 Å². The smallest absolute Gasteiger partial charge is 0.541 e. The number of sulfonamides is 2. The minimum atomic E-state index is -5.32. The molecule has 3 aromatic carbocycles. The minimum absolute atomic E-state index is 0. The third kappa shape index (κ3) is 12.5. The summed E-state index contributed by atoms with van der Waals surface area (Å²) in [7, 11) is -9.15. The van der Waals surface area contributed by atoms with Gasteiger partial charge < -0.3 is 15.2 Å². The van der Waals surface area contributed by atoms with Gasteiger partial charge in [-0.2, -0.15) is 13.2 Å². The molecule has 1 aliphatic carbocycles. The third-order valence-electron chi connectivity index (χ3n) is 6.51. The zero-order valence-corrected chi connectivity index (χ0v) is 27.7. The first kappa shape index (κ1) is 39.0. The van der Waals surface area contributed by atoms with Gasteiger partial charge >= 0.3 is 25.0 Å².